The minimum absolute atomic E-state index is 0.0369. The monoisotopic (exact) mass is 498 g/mol. The molecule has 0 saturated carbocycles. The first-order valence-electron chi connectivity index (χ1n) is 11.9. The van der Waals surface area contributed by atoms with Gasteiger partial charge < -0.3 is 14.6 Å². The predicted molar refractivity (Wildman–Crippen MR) is 134 cm³/mol. The molecule has 1 saturated heterocycles. The first-order chi connectivity index (χ1) is 17.1. The van der Waals surface area contributed by atoms with Crippen LogP contribution in [0.1, 0.15) is 30.7 Å². The van der Waals surface area contributed by atoms with Gasteiger partial charge in [0, 0.05) is 23.8 Å². The van der Waals surface area contributed by atoms with Crippen molar-refractivity contribution in [2.75, 3.05) is 32.5 Å². The average molecular weight is 499 g/mol. The summed E-state index contributed by atoms with van der Waals surface area (Å²) >= 11 is 1.69. The van der Waals surface area contributed by atoms with Gasteiger partial charge in [-0.25, -0.2) is 4.39 Å². The molecule has 35 heavy (non-hydrogen) atoms. The number of benzene rings is 2. The molecule has 0 bridgehead atoms. The van der Waals surface area contributed by atoms with E-state index in [1.54, 1.807) is 24.9 Å². The van der Waals surface area contributed by atoms with Crippen LogP contribution in [0.5, 0.6) is 5.75 Å². The Morgan fingerprint density at radius 2 is 1.97 bits per heavy atom. The van der Waals surface area contributed by atoms with Crippen molar-refractivity contribution in [1.82, 2.24) is 20.4 Å². The maximum Gasteiger partial charge on any atom is 0.241 e. The molecule has 1 fully saturated rings. The number of ether oxygens (including phenoxy) is 1. The fourth-order valence-corrected chi connectivity index (χ4v) is 5.00. The standard InChI is InChI=1S/C26H31FN4O3S/c1-33-22-9-7-19(8-10-22)25-29-24(34-30-25)17-31-14-11-20(12-15-31)26(32)28-13-4-16-35-18-21-5-2-3-6-23(21)27/h2-3,5-10,20H,4,11-18H2,1H3,(H,28,32). The maximum absolute atomic E-state index is 13.6. The Balaban J connectivity index is 1.12. The van der Waals surface area contributed by atoms with Crippen LogP contribution in [0.15, 0.2) is 53.1 Å². The number of nitrogens with zero attached hydrogens (tertiary/aromatic N) is 3. The summed E-state index contributed by atoms with van der Waals surface area (Å²) in [5, 5.41) is 7.15. The number of aromatic nitrogens is 2. The van der Waals surface area contributed by atoms with Crippen LogP contribution in [-0.4, -0.2) is 53.4 Å². The molecule has 1 aliphatic rings. The van der Waals surface area contributed by atoms with Gasteiger partial charge >= 0.3 is 0 Å². The van der Waals surface area contributed by atoms with Crippen LogP contribution in [0.25, 0.3) is 11.4 Å². The van der Waals surface area contributed by atoms with E-state index in [0.29, 0.717) is 30.6 Å². The normalized spacial score (nSPS) is 14.7. The lowest BCUT2D eigenvalue weighted by Gasteiger charge is -2.30. The van der Waals surface area contributed by atoms with Gasteiger partial charge in [0.25, 0.3) is 0 Å². The van der Waals surface area contributed by atoms with Gasteiger partial charge in [-0.1, -0.05) is 23.4 Å². The van der Waals surface area contributed by atoms with E-state index >= 15 is 0 Å². The first-order valence-corrected chi connectivity index (χ1v) is 13.1. The largest absolute Gasteiger partial charge is 0.497 e. The molecule has 0 unspecified atom stereocenters. The van der Waals surface area contributed by atoms with E-state index in [-0.39, 0.29) is 17.6 Å². The molecular formula is C26H31FN4O3S. The van der Waals surface area contributed by atoms with Gasteiger partial charge in [-0.2, -0.15) is 16.7 Å². The van der Waals surface area contributed by atoms with Crippen molar-refractivity contribution >= 4 is 17.7 Å². The molecule has 1 aromatic heterocycles. The predicted octanol–water partition coefficient (Wildman–Crippen LogP) is 4.54. The highest BCUT2D eigenvalue weighted by Gasteiger charge is 2.25. The van der Waals surface area contributed by atoms with E-state index in [1.165, 1.54) is 6.07 Å². The number of hydrogen-bond donors (Lipinski definition) is 1. The molecular weight excluding hydrogens is 467 g/mol. The van der Waals surface area contributed by atoms with E-state index in [2.05, 4.69) is 20.4 Å². The number of methoxy groups -OCH3 is 1. The summed E-state index contributed by atoms with van der Waals surface area (Å²) in [6.07, 6.45) is 2.50. The van der Waals surface area contributed by atoms with Gasteiger partial charge in [-0.05, 0) is 74.0 Å². The van der Waals surface area contributed by atoms with E-state index < -0.39 is 0 Å². The molecule has 0 aliphatic carbocycles. The molecule has 7 nitrogen and oxygen atoms in total. The highest BCUT2D eigenvalue weighted by molar-refractivity contribution is 7.98. The zero-order chi connectivity index (χ0) is 24.5. The molecule has 2 aromatic carbocycles. The summed E-state index contributed by atoms with van der Waals surface area (Å²) in [5.41, 5.74) is 1.60. The number of amides is 1. The number of piperidine rings is 1. The van der Waals surface area contributed by atoms with E-state index in [4.69, 9.17) is 9.26 Å². The van der Waals surface area contributed by atoms with Gasteiger partial charge in [0.15, 0.2) is 0 Å². The Labute approximate surface area is 209 Å². The van der Waals surface area contributed by atoms with Crippen molar-refractivity contribution in [2.24, 2.45) is 5.92 Å². The fraction of sp³-hybridized carbons (Fsp3) is 0.423. The minimum Gasteiger partial charge on any atom is -0.497 e. The van der Waals surface area contributed by atoms with Crippen molar-refractivity contribution in [2.45, 2.75) is 31.6 Å². The Kier molecular flexibility index (Phi) is 9.14. The SMILES string of the molecule is COc1ccc(-c2noc(CN3CCC(C(=O)NCCCSCc4ccccc4F)CC3)n2)cc1. The minimum atomic E-state index is -0.156. The zero-order valence-electron chi connectivity index (χ0n) is 19.9. The summed E-state index contributed by atoms with van der Waals surface area (Å²) in [5.74, 6) is 3.46. The van der Waals surface area contributed by atoms with E-state index in [1.807, 2.05) is 36.4 Å². The highest BCUT2D eigenvalue weighted by atomic mass is 32.2. The number of carbonyl (C=O) groups is 1. The molecule has 9 heteroatoms. The van der Waals surface area contributed by atoms with Crippen LogP contribution in [0, 0.1) is 11.7 Å². The molecule has 0 spiro atoms. The van der Waals surface area contributed by atoms with Crippen LogP contribution < -0.4 is 10.1 Å². The summed E-state index contributed by atoms with van der Waals surface area (Å²) < 4.78 is 24.2. The highest BCUT2D eigenvalue weighted by Crippen LogP contribution is 2.22. The van der Waals surface area contributed by atoms with Crippen molar-refractivity contribution < 1.29 is 18.4 Å². The molecule has 0 atom stereocenters. The topological polar surface area (TPSA) is 80.5 Å². The third-order valence-electron chi connectivity index (χ3n) is 6.11. The third-order valence-corrected chi connectivity index (χ3v) is 7.21. The average Bonchev–Trinajstić information content (AvgIpc) is 3.36. The summed E-state index contributed by atoms with van der Waals surface area (Å²) in [4.78, 5) is 19.3. The van der Waals surface area contributed by atoms with Gasteiger partial charge in [-0.15, -0.1) is 0 Å². The first kappa shape index (κ1) is 25.2. The van der Waals surface area contributed by atoms with Gasteiger partial charge in [0.2, 0.25) is 17.6 Å². The molecule has 2 heterocycles. The van der Waals surface area contributed by atoms with Crippen molar-refractivity contribution in [1.29, 1.82) is 0 Å². The lowest BCUT2D eigenvalue weighted by molar-refractivity contribution is -0.126. The van der Waals surface area contributed by atoms with E-state index in [9.17, 15) is 9.18 Å². The second-order valence-electron chi connectivity index (χ2n) is 8.58. The smallest absolute Gasteiger partial charge is 0.241 e. The van der Waals surface area contributed by atoms with E-state index in [0.717, 1.165) is 55.0 Å². The summed E-state index contributed by atoms with van der Waals surface area (Å²) in [6.45, 7) is 2.86. The van der Waals surface area contributed by atoms with Crippen LogP contribution in [0.3, 0.4) is 0 Å². The summed E-state index contributed by atoms with van der Waals surface area (Å²) in [6, 6.07) is 14.4. The summed E-state index contributed by atoms with van der Waals surface area (Å²) in [7, 11) is 1.63. The second-order valence-corrected chi connectivity index (χ2v) is 9.68. The number of likely N-dealkylation sites (tertiary alicyclic amines) is 1. The number of rotatable bonds is 11. The Morgan fingerprint density at radius 1 is 1.20 bits per heavy atom. The van der Waals surface area contributed by atoms with Crippen molar-refractivity contribution in [3.63, 3.8) is 0 Å². The number of halogens is 1. The lowest BCUT2D eigenvalue weighted by Crippen LogP contribution is -2.40. The van der Waals surface area contributed by atoms with Gasteiger partial charge in [0.05, 0.1) is 13.7 Å². The third kappa shape index (κ3) is 7.29. The Hall–Kier alpha value is -2.91. The molecule has 0 radical (unpaired) electrons. The molecule has 1 aliphatic heterocycles. The van der Waals surface area contributed by atoms with Crippen LogP contribution >= 0.6 is 11.8 Å². The molecule has 1 amide bonds. The number of hydrogen-bond acceptors (Lipinski definition) is 7. The fourth-order valence-electron chi connectivity index (χ4n) is 4.05. The lowest BCUT2D eigenvalue weighted by atomic mass is 9.96. The zero-order valence-corrected chi connectivity index (χ0v) is 20.7. The van der Waals surface area contributed by atoms with Gasteiger partial charge in [-0.3, -0.25) is 9.69 Å². The van der Waals surface area contributed by atoms with Gasteiger partial charge in [0.1, 0.15) is 11.6 Å². The quantitative estimate of drug-likeness (QED) is 0.389. The Bertz CT molecular complexity index is 1080. The molecule has 4 rings (SSSR count). The molecule has 3 aromatic rings. The Morgan fingerprint density at radius 3 is 2.71 bits per heavy atom. The maximum atomic E-state index is 13.6. The van der Waals surface area contributed by atoms with Crippen LogP contribution in [-0.2, 0) is 17.1 Å². The van der Waals surface area contributed by atoms with Crippen LogP contribution in [0.2, 0.25) is 0 Å². The number of nitrogens with one attached hydrogen (secondary N) is 1. The molecule has 186 valence electrons. The second kappa shape index (κ2) is 12.7. The number of thioether (sulfide) groups is 1. The van der Waals surface area contributed by atoms with Crippen LogP contribution in [0.4, 0.5) is 4.39 Å². The van der Waals surface area contributed by atoms with Crippen molar-refractivity contribution in [3.8, 4) is 17.1 Å². The van der Waals surface area contributed by atoms with Crippen molar-refractivity contribution in [3.05, 3.63) is 65.8 Å². The molecule has 1 N–H and O–H groups in total. The number of carbonyl (C=O) groups excluding carboxylic acids is 1.